The molecule has 3 nitrogen and oxygen atoms in total. The van der Waals surface area contributed by atoms with Crippen molar-refractivity contribution in [2.45, 2.75) is 5.03 Å². The molecule has 0 aliphatic heterocycles. The molecule has 0 spiro atoms. The van der Waals surface area contributed by atoms with Crippen molar-refractivity contribution in [2.75, 3.05) is 0 Å². The Labute approximate surface area is 90.5 Å². The smallest absolute Gasteiger partial charge is 0.276 e. The van der Waals surface area contributed by atoms with E-state index in [4.69, 9.17) is 10.7 Å². The summed E-state index contributed by atoms with van der Waals surface area (Å²) in [4.78, 5) is 0. The van der Waals surface area contributed by atoms with Crippen molar-refractivity contribution >= 4 is 30.6 Å². The van der Waals surface area contributed by atoms with Gasteiger partial charge in [-0.15, -0.1) is 0 Å². The molecule has 80 valence electrons. The van der Waals surface area contributed by atoms with E-state index in [1.807, 2.05) is 0 Å². The minimum atomic E-state index is -3.80. The molecule has 6 heteroatoms. The fourth-order valence-corrected chi connectivity index (χ4v) is 2.67. The third-order valence-corrected chi connectivity index (χ3v) is 3.58. The highest BCUT2D eigenvalue weighted by Gasteiger charge is 2.17. The van der Waals surface area contributed by atoms with E-state index < -0.39 is 14.9 Å². The Hall–Kier alpha value is -1.07. The largest absolute Gasteiger partial charge is 0.334 e. The summed E-state index contributed by atoms with van der Waals surface area (Å²) in [5.41, 5.74) is 0.621. The van der Waals surface area contributed by atoms with Gasteiger partial charge in [0, 0.05) is 28.6 Å². The highest BCUT2D eigenvalue weighted by molar-refractivity contribution is 8.13. The normalized spacial score (nSPS) is 12.2. The lowest BCUT2D eigenvalue weighted by atomic mass is 10.2. The average molecular weight is 248 g/mol. The minimum absolute atomic E-state index is 0.0373. The van der Waals surface area contributed by atoms with Crippen LogP contribution in [0.2, 0.25) is 0 Å². The Balaban J connectivity index is 2.87. The predicted octanol–water partition coefficient (Wildman–Crippen LogP) is 2.24. The molecule has 0 aliphatic rings. The van der Waals surface area contributed by atoms with E-state index in [1.165, 1.54) is 28.8 Å². The standard InChI is InChI=1S/C9H7ClFNO2S/c1-12-8-3-2-7(11)4-6(8)5-9(12)15(10,13)14/h2-5H,1H3. The summed E-state index contributed by atoms with van der Waals surface area (Å²) >= 11 is 0. The van der Waals surface area contributed by atoms with Gasteiger partial charge in [-0.1, -0.05) is 0 Å². The molecule has 0 radical (unpaired) electrons. The van der Waals surface area contributed by atoms with Gasteiger partial charge in [0.2, 0.25) is 0 Å². The topological polar surface area (TPSA) is 39.1 Å². The van der Waals surface area contributed by atoms with Crippen LogP contribution in [0, 0.1) is 5.82 Å². The van der Waals surface area contributed by atoms with Gasteiger partial charge < -0.3 is 4.57 Å². The number of hydrogen-bond donors (Lipinski definition) is 0. The Kier molecular flexibility index (Phi) is 2.24. The van der Waals surface area contributed by atoms with Crippen molar-refractivity contribution in [2.24, 2.45) is 7.05 Å². The zero-order chi connectivity index (χ0) is 11.2. The lowest BCUT2D eigenvalue weighted by molar-refractivity contribution is 0.601. The lowest BCUT2D eigenvalue weighted by Gasteiger charge is -1.99. The van der Waals surface area contributed by atoms with E-state index >= 15 is 0 Å². The Morgan fingerprint density at radius 3 is 2.60 bits per heavy atom. The number of hydrogen-bond acceptors (Lipinski definition) is 2. The van der Waals surface area contributed by atoms with Crippen LogP contribution in [0.25, 0.3) is 10.9 Å². The van der Waals surface area contributed by atoms with Crippen molar-refractivity contribution < 1.29 is 12.8 Å². The second-order valence-electron chi connectivity index (χ2n) is 3.18. The first kappa shape index (κ1) is 10.4. The van der Waals surface area contributed by atoms with Crippen molar-refractivity contribution in [3.8, 4) is 0 Å². The Morgan fingerprint density at radius 2 is 2.00 bits per heavy atom. The number of rotatable bonds is 1. The molecule has 2 rings (SSSR count). The zero-order valence-corrected chi connectivity index (χ0v) is 9.31. The maximum absolute atomic E-state index is 12.9. The van der Waals surface area contributed by atoms with Crippen LogP contribution in [0.1, 0.15) is 0 Å². The summed E-state index contributed by atoms with van der Waals surface area (Å²) < 4.78 is 36.6. The molecule has 1 aromatic heterocycles. The monoisotopic (exact) mass is 247 g/mol. The van der Waals surface area contributed by atoms with Crippen molar-refractivity contribution in [3.63, 3.8) is 0 Å². The van der Waals surface area contributed by atoms with Gasteiger partial charge >= 0.3 is 0 Å². The fourth-order valence-electron chi connectivity index (χ4n) is 1.53. The Bertz CT molecular complexity index is 633. The number of aryl methyl sites for hydroxylation is 1. The van der Waals surface area contributed by atoms with Gasteiger partial charge in [0.15, 0.2) is 5.03 Å². The van der Waals surface area contributed by atoms with Gasteiger partial charge in [0.25, 0.3) is 9.05 Å². The van der Waals surface area contributed by atoms with E-state index in [0.717, 1.165) is 0 Å². The van der Waals surface area contributed by atoms with Crippen LogP contribution in [0.3, 0.4) is 0 Å². The third-order valence-electron chi connectivity index (χ3n) is 2.21. The highest BCUT2D eigenvalue weighted by Crippen LogP contribution is 2.24. The molecule has 0 fully saturated rings. The van der Waals surface area contributed by atoms with Crippen LogP contribution in [-0.4, -0.2) is 13.0 Å². The molecular formula is C9H7ClFNO2S. The quantitative estimate of drug-likeness (QED) is 0.725. The molecule has 0 saturated carbocycles. The Morgan fingerprint density at radius 1 is 1.33 bits per heavy atom. The van der Waals surface area contributed by atoms with Gasteiger partial charge in [-0.3, -0.25) is 0 Å². The molecular weight excluding hydrogens is 241 g/mol. The highest BCUT2D eigenvalue weighted by atomic mass is 35.7. The fraction of sp³-hybridized carbons (Fsp3) is 0.111. The summed E-state index contributed by atoms with van der Waals surface area (Å²) in [6.45, 7) is 0. The van der Waals surface area contributed by atoms with Crippen molar-refractivity contribution in [1.82, 2.24) is 4.57 Å². The molecule has 0 unspecified atom stereocenters. The first-order valence-corrected chi connectivity index (χ1v) is 6.40. The molecule has 0 bridgehead atoms. The average Bonchev–Trinajstić information content (AvgIpc) is 2.42. The predicted molar refractivity (Wildman–Crippen MR) is 55.9 cm³/mol. The summed E-state index contributed by atoms with van der Waals surface area (Å²) in [7, 11) is 3.00. The second-order valence-corrected chi connectivity index (χ2v) is 5.70. The van der Waals surface area contributed by atoms with Crippen LogP contribution in [0.5, 0.6) is 0 Å². The van der Waals surface area contributed by atoms with Gasteiger partial charge in [0.05, 0.1) is 0 Å². The van der Waals surface area contributed by atoms with Gasteiger partial charge in [0.1, 0.15) is 5.82 Å². The molecule has 0 N–H and O–H groups in total. The first-order valence-electron chi connectivity index (χ1n) is 4.09. The summed E-state index contributed by atoms with van der Waals surface area (Å²) in [5, 5.41) is 0.474. The van der Waals surface area contributed by atoms with Crippen molar-refractivity contribution in [1.29, 1.82) is 0 Å². The van der Waals surface area contributed by atoms with Gasteiger partial charge in [-0.25, -0.2) is 12.8 Å². The molecule has 2 aromatic rings. The van der Waals surface area contributed by atoms with Crippen LogP contribution in [0.15, 0.2) is 29.3 Å². The van der Waals surface area contributed by atoms with Crippen molar-refractivity contribution in [3.05, 3.63) is 30.1 Å². The molecule has 0 amide bonds. The van der Waals surface area contributed by atoms with Crippen LogP contribution in [-0.2, 0) is 16.1 Å². The molecule has 0 atom stereocenters. The second kappa shape index (κ2) is 3.21. The molecule has 0 aliphatic carbocycles. The zero-order valence-electron chi connectivity index (χ0n) is 7.74. The molecule has 15 heavy (non-hydrogen) atoms. The van der Waals surface area contributed by atoms with E-state index in [-0.39, 0.29) is 5.03 Å². The number of nitrogens with zero attached hydrogens (tertiary/aromatic N) is 1. The summed E-state index contributed by atoms with van der Waals surface area (Å²) in [6, 6.07) is 5.39. The third kappa shape index (κ3) is 1.72. The number of halogens is 2. The lowest BCUT2D eigenvalue weighted by Crippen LogP contribution is -1.99. The van der Waals surface area contributed by atoms with Crippen LogP contribution >= 0.6 is 10.7 Å². The van der Waals surface area contributed by atoms with E-state index in [9.17, 15) is 12.8 Å². The summed E-state index contributed by atoms with van der Waals surface area (Å²) in [5.74, 6) is -0.411. The minimum Gasteiger partial charge on any atom is -0.334 e. The van der Waals surface area contributed by atoms with E-state index in [2.05, 4.69) is 0 Å². The maximum atomic E-state index is 12.9. The molecule has 1 heterocycles. The van der Waals surface area contributed by atoms with Crippen LogP contribution in [0.4, 0.5) is 4.39 Å². The number of benzene rings is 1. The molecule has 1 aromatic carbocycles. The van der Waals surface area contributed by atoms with Gasteiger partial charge in [-0.2, -0.15) is 0 Å². The maximum Gasteiger partial charge on any atom is 0.276 e. The van der Waals surface area contributed by atoms with E-state index in [0.29, 0.717) is 10.9 Å². The van der Waals surface area contributed by atoms with Gasteiger partial charge in [-0.05, 0) is 24.3 Å². The van der Waals surface area contributed by atoms with Crippen LogP contribution < -0.4 is 0 Å². The number of fused-ring (bicyclic) bond motifs is 1. The SMILES string of the molecule is Cn1c(S(=O)(=O)Cl)cc2cc(F)ccc21. The van der Waals surface area contributed by atoms with E-state index in [1.54, 1.807) is 7.05 Å². The summed E-state index contributed by atoms with van der Waals surface area (Å²) in [6.07, 6.45) is 0. The first-order chi connectivity index (χ1) is 6.89. The number of aromatic nitrogens is 1. The molecule has 0 saturated heterocycles.